The molecule has 0 radical (unpaired) electrons. The SMILES string of the molecule is CCCCOc1ccc(-c2nc(C3CC(=O)N(c4ccc(C)cc4C)C3)no2)cc1. The average Bonchev–Trinajstić information content (AvgIpc) is 3.36. The molecule has 1 fully saturated rings. The average molecular weight is 405 g/mol. The van der Waals surface area contributed by atoms with Crippen molar-refractivity contribution in [2.75, 3.05) is 18.1 Å². The van der Waals surface area contributed by atoms with Crippen molar-refractivity contribution >= 4 is 11.6 Å². The highest BCUT2D eigenvalue weighted by Crippen LogP contribution is 2.33. The maximum absolute atomic E-state index is 12.6. The molecule has 0 N–H and O–H groups in total. The number of aromatic nitrogens is 2. The third-order valence-corrected chi connectivity index (χ3v) is 5.44. The Morgan fingerprint density at radius 1 is 1.17 bits per heavy atom. The standard InChI is InChI=1S/C24H27N3O3/c1-4-5-12-29-20-9-7-18(8-10-20)24-25-23(26-30-24)19-14-22(28)27(15-19)21-11-6-16(2)13-17(21)3/h6-11,13,19H,4-5,12,14-15H2,1-3H3. The van der Waals surface area contributed by atoms with Crippen LogP contribution in [-0.2, 0) is 4.79 Å². The van der Waals surface area contributed by atoms with E-state index in [9.17, 15) is 4.79 Å². The number of hydrogen-bond donors (Lipinski definition) is 0. The third kappa shape index (κ3) is 4.22. The van der Waals surface area contributed by atoms with Gasteiger partial charge in [-0.3, -0.25) is 4.79 Å². The molecule has 4 rings (SSSR count). The van der Waals surface area contributed by atoms with Crippen LogP contribution >= 0.6 is 0 Å². The number of carbonyl (C=O) groups excluding carboxylic acids is 1. The van der Waals surface area contributed by atoms with Crippen LogP contribution in [0.1, 0.15) is 49.1 Å². The molecule has 0 saturated carbocycles. The predicted molar refractivity (Wildman–Crippen MR) is 116 cm³/mol. The largest absolute Gasteiger partial charge is 0.494 e. The fraction of sp³-hybridized carbons (Fsp3) is 0.375. The van der Waals surface area contributed by atoms with E-state index in [2.05, 4.69) is 30.1 Å². The van der Waals surface area contributed by atoms with Gasteiger partial charge in [0, 0.05) is 30.1 Å². The van der Waals surface area contributed by atoms with E-state index in [0.29, 0.717) is 31.3 Å². The number of unbranched alkanes of at least 4 members (excludes halogenated alkanes) is 1. The maximum atomic E-state index is 12.6. The fourth-order valence-corrected chi connectivity index (χ4v) is 3.77. The van der Waals surface area contributed by atoms with Crippen molar-refractivity contribution in [2.24, 2.45) is 0 Å². The number of carbonyl (C=O) groups is 1. The van der Waals surface area contributed by atoms with Crippen LogP contribution in [0.25, 0.3) is 11.5 Å². The smallest absolute Gasteiger partial charge is 0.257 e. The Labute approximate surface area is 176 Å². The third-order valence-electron chi connectivity index (χ3n) is 5.44. The van der Waals surface area contributed by atoms with Crippen molar-refractivity contribution in [2.45, 2.75) is 46.0 Å². The van der Waals surface area contributed by atoms with Gasteiger partial charge >= 0.3 is 0 Å². The molecular weight excluding hydrogens is 378 g/mol. The Balaban J connectivity index is 1.46. The summed E-state index contributed by atoms with van der Waals surface area (Å²) in [4.78, 5) is 19.0. The van der Waals surface area contributed by atoms with Crippen molar-refractivity contribution in [3.05, 3.63) is 59.4 Å². The highest BCUT2D eigenvalue weighted by molar-refractivity contribution is 5.97. The summed E-state index contributed by atoms with van der Waals surface area (Å²) in [6, 6.07) is 13.8. The van der Waals surface area contributed by atoms with Gasteiger partial charge in [0.05, 0.1) is 6.61 Å². The van der Waals surface area contributed by atoms with E-state index in [1.54, 1.807) is 0 Å². The molecule has 2 heterocycles. The second-order valence-electron chi connectivity index (χ2n) is 7.88. The van der Waals surface area contributed by atoms with Crippen molar-refractivity contribution < 1.29 is 14.1 Å². The highest BCUT2D eigenvalue weighted by atomic mass is 16.5. The maximum Gasteiger partial charge on any atom is 0.257 e. The van der Waals surface area contributed by atoms with Gasteiger partial charge in [-0.1, -0.05) is 36.2 Å². The number of anilines is 1. The molecule has 156 valence electrons. The van der Waals surface area contributed by atoms with Gasteiger partial charge in [-0.05, 0) is 56.2 Å². The topological polar surface area (TPSA) is 68.5 Å². The highest BCUT2D eigenvalue weighted by Gasteiger charge is 2.35. The van der Waals surface area contributed by atoms with E-state index in [1.807, 2.05) is 48.2 Å². The van der Waals surface area contributed by atoms with Crippen LogP contribution in [0.15, 0.2) is 47.0 Å². The van der Waals surface area contributed by atoms with Gasteiger partial charge in [0.15, 0.2) is 5.82 Å². The summed E-state index contributed by atoms with van der Waals surface area (Å²) >= 11 is 0. The monoisotopic (exact) mass is 405 g/mol. The van der Waals surface area contributed by atoms with Gasteiger partial charge in [-0.2, -0.15) is 4.98 Å². The molecule has 1 atom stereocenters. The molecule has 30 heavy (non-hydrogen) atoms. The molecule has 1 aliphatic heterocycles. The Morgan fingerprint density at radius 2 is 1.97 bits per heavy atom. The number of benzene rings is 2. The molecule has 2 aromatic carbocycles. The second-order valence-corrected chi connectivity index (χ2v) is 7.88. The first-order valence-corrected chi connectivity index (χ1v) is 10.5. The molecule has 1 saturated heterocycles. The Morgan fingerprint density at radius 3 is 2.70 bits per heavy atom. The van der Waals surface area contributed by atoms with Crippen molar-refractivity contribution in [1.29, 1.82) is 0 Å². The second kappa shape index (κ2) is 8.69. The van der Waals surface area contributed by atoms with Crippen LogP contribution in [0, 0.1) is 13.8 Å². The first-order valence-electron chi connectivity index (χ1n) is 10.5. The molecule has 0 spiro atoms. The number of ether oxygens (including phenoxy) is 1. The van der Waals surface area contributed by atoms with Crippen LogP contribution in [0.3, 0.4) is 0 Å². The zero-order valence-corrected chi connectivity index (χ0v) is 17.7. The molecule has 0 aliphatic carbocycles. The van der Waals surface area contributed by atoms with Gasteiger partial charge in [0.25, 0.3) is 5.89 Å². The normalized spacial score (nSPS) is 16.3. The summed E-state index contributed by atoms with van der Waals surface area (Å²) in [6.07, 6.45) is 2.53. The Hall–Kier alpha value is -3.15. The quantitative estimate of drug-likeness (QED) is 0.514. The molecule has 1 aliphatic rings. The number of amides is 1. The van der Waals surface area contributed by atoms with E-state index in [-0.39, 0.29) is 11.8 Å². The molecule has 6 heteroatoms. The van der Waals surface area contributed by atoms with Crippen molar-refractivity contribution in [3.63, 3.8) is 0 Å². The van der Waals surface area contributed by atoms with Crippen molar-refractivity contribution in [1.82, 2.24) is 10.1 Å². The van der Waals surface area contributed by atoms with Crippen LogP contribution in [0.2, 0.25) is 0 Å². The summed E-state index contributed by atoms with van der Waals surface area (Å²) in [5, 5.41) is 4.16. The molecule has 1 unspecified atom stereocenters. The first-order chi connectivity index (χ1) is 14.5. The number of aryl methyl sites for hydroxylation is 2. The van der Waals surface area contributed by atoms with Gasteiger partial charge in [-0.15, -0.1) is 0 Å². The van der Waals surface area contributed by atoms with Gasteiger partial charge in [0.2, 0.25) is 5.91 Å². The van der Waals surface area contributed by atoms with Crippen LogP contribution in [-0.4, -0.2) is 29.2 Å². The molecule has 0 bridgehead atoms. The van der Waals surface area contributed by atoms with Crippen LogP contribution in [0.4, 0.5) is 5.69 Å². The van der Waals surface area contributed by atoms with E-state index >= 15 is 0 Å². The van der Waals surface area contributed by atoms with Gasteiger partial charge in [0.1, 0.15) is 5.75 Å². The molecule has 1 amide bonds. The minimum absolute atomic E-state index is 0.0765. The molecule has 3 aromatic rings. The van der Waals surface area contributed by atoms with Gasteiger partial charge in [-0.25, -0.2) is 0 Å². The van der Waals surface area contributed by atoms with Crippen LogP contribution < -0.4 is 9.64 Å². The lowest BCUT2D eigenvalue weighted by atomic mass is 10.1. The predicted octanol–water partition coefficient (Wildman–Crippen LogP) is 5.05. The lowest BCUT2D eigenvalue weighted by molar-refractivity contribution is -0.117. The Bertz CT molecular complexity index is 1030. The summed E-state index contributed by atoms with van der Waals surface area (Å²) in [5.41, 5.74) is 4.07. The summed E-state index contributed by atoms with van der Waals surface area (Å²) < 4.78 is 11.2. The fourth-order valence-electron chi connectivity index (χ4n) is 3.77. The van der Waals surface area contributed by atoms with E-state index in [1.165, 1.54) is 5.56 Å². The lowest BCUT2D eigenvalue weighted by Crippen LogP contribution is -2.25. The van der Waals surface area contributed by atoms with Crippen LogP contribution in [0.5, 0.6) is 5.75 Å². The summed E-state index contributed by atoms with van der Waals surface area (Å²) in [7, 11) is 0. The first kappa shape index (κ1) is 20.1. The Kier molecular flexibility index (Phi) is 5.84. The zero-order valence-electron chi connectivity index (χ0n) is 17.7. The summed E-state index contributed by atoms with van der Waals surface area (Å²) in [5.74, 6) is 1.88. The number of hydrogen-bond acceptors (Lipinski definition) is 5. The van der Waals surface area contributed by atoms with E-state index in [4.69, 9.17) is 9.26 Å². The van der Waals surface area contributed by atoms with Gasteiger partial charge < -0.3 is 14.2 Å². The number of nitrogens with zero attached hydrogens (tertiary/aromatic N) is 3. The molecule has 1 aromatic heterocycles. The lowest BCUT2D eigenvalue weighted by Gasteiger charge is -2.19. The van der Waals surface area contributed by atoms with E-state index in [0.717, 1.165) is 35.4 Å². The minimum atomic E-state index is -0.0765. The summed E-state index contributed by atoms with van der Waals surface area (Å²) in [6.45, 7) is 7.50. The van der Waals surface area contributed by atoms with E-state index < -0.39 is 0 Å². The molecule has 6 nitrogen and oxygen atoms in total. The molecular formula is C24H27N3O3. The minimum Gasteiger partial charge on any atom is -0.494 e. The zero-order chi connectivity index (χ0) is 21.1. The van der Waals surface area contributed by atoms with Crippen molar-refractivity contribution in [3.8, 4) is 17.2 Å². The number of rotatable bonds is 7.